The number of anilines is 1. The Hall–Kier alpha value is -2.78. The van der Waals surface area contributed by atoms with Gasteiger partial charge in [-0.25, -0.2) is 9.97 Å². The molecule has 10 heteroatoms. The Labute approximate surface area is 184 Å². The molecule has 2 N–H and O–H groups in total. The number of carbonyl (C=O) groups excluding carboxylic acids is 1. The minimum Gasteiger partial charge on any atom is -0.497 e. The quantitative estimate of drug-likeness (QED) is 0.462. The van der Waals surface area contributed by atoms with Gasteiger partial charge in [0.25, 0.3) is 0 Å². The third-order valence-corrected chi connectivity index (χ3v) is 5.13. The molecular formula is C20H23ClN6O2S. The van der Waals surface area contributed by atoms with Crippen molar-refractivity contribution < 1.29 is 9.53 Å². The summed E-state index contributed by atoms with van der Waals surface area (Å²) >= 11 is 7.84. The molecular weight excluding hydrogens is 424 g/mol. The van der Waals surface area contributed by atoms with Gasteiger partial charge < -0.3 is 15.4 Å². The SMILES string of the molecule is COc1ccc(CNC(=O)C(CCSC)Nc2cc(Cl)nc(-n3ccnc3)n2)cc1. The molecule has 0 bridgehead atoms. The standard InChI is InChI=1S/C20H23ClN6O2S/c1-29-15-5-3-14(4-6-15)12-23-19(28)16(7-10-30-2)24-18-11-17(21)25-20(26-18)27-9-8-22-13-27/h3-6,8-9,11,13,16H,7,10,12H2,1-2H3,(H,23,28)(H,24,25,26). The van der Waals surface area contributed by atoms with Crippen molar-refractivity contribution >= 4 is 35.1 Å². The van der Waals surface area contributed by atoms with Gasteiger partial charge in [-0.05, 0) is 36.1 Å². The number of methoxy groups -OCH3 is 1. The van der Waals surface area contributed by atoms with Crippen molar-refractivity contribution in [2.75, 3.05) is 24.4 Å². The van der Waals surface area contributed by atoms with E-state index in [9.17, 15) is 4.79 Å². The zero-order valence-corrected chi connectivity index (χ0v) is 18.3. The molecule has 0 aliphatic carbocycles. The van der Waals surface area contributed by atoms with E-state index in [-0.39, 0.29) is 11.1 Å². The predicted octanol–water partition coefficient (Wildman–Crippen LogP) is 3.17. The van der Waals surface area contributed by atoms with Crippen molar-refractivity contribution in [3.05, 3.63) is 59.8 Å². The maximum absolute atomic E-state index is 12.8. The Kier molecular flexibility index (Phi) is 7.92. The number of carbonyl (C=O) groups is 1. The third-order valence-electron chi connectivity index (χ3n) is 4.29. The Morgan fingerprint density at radius 3 is 2.77 bits per heavy atom. The van der Waals surface area contributed by atoms with Crippen molar-refractivity contribution in [1.29, 1.82) is 0 Å². The molecule has 3 aromatic rings. The summed E-state index contributed by atoms with van der Waals surface area (Å²) in [5.41, 5.74) is 0.986. The van der Waals surface area contributed by atoms with Crippen LogP contribution in [0.1, 0.15) is 12.0 Å². The lowest BCUT2D eigenvalue weighted by Gasteiger charge is -2.19. The molecule has 1 unspecified atom stereocenters. The molecule has 0 saturated heterocycles. The van der Waals surface area contributed by atoms with Crippen LogP contribution < -0.4 is 15.4 Å². The predicted molar refractivity (Wildman–Crippen MR) is 119 cm³/mol. The van der Waals surface area contributed by atoms with Gasteiger partial charge in [-0.2, -0.15) is 16.7 Å². The van der Waals surface area contributed by atoms with Crippen molar-refractivity contribution in [1.82, 2.24) is 24.8 Å². The lowest BCUT2D eigenvalue weighted by atomic mass is 10.2. The number of aromatic nitrogens is 4. The average Bonchev–Trinajstić information content (AvgIpc) is 3.30. The molecule has 0 spiro atoms. The van der Waals surface area contributed by atoms with Gasteiger partial charge in [0.1, 0.15) is 29.1 Å². The van der Waals surface area contributed by atoms with Crippen LogP contribution in [0.5, 0.6) is 5.75 Å². The number of halogens is 1. The van der Waals surface area contributed by atoms with Gasteiger partial charge >= 0.3 is 0 Å². The number of amides is 1. The second-order valence-corrected chi connectivity index (χ2v) is 7.76. The number of rotatable bonds is 10. The molecule has 0 radical (unpaired) electrons. The topological polar surface area (TPSA) is 94.0 Å². The van der Waals surface area contributed by atoms with Crippen LogP contribution in [0.15, 0.2) is 49.1 Å². The van der Waals surface area contributed by atoms with Gasteiger partial charge in [0, 0.05) is 25.0 Å². The van der Waals surface area contributed by atoms with Gasteiger partial charge in [-0.15, -0.1) is 0 Å². The number of thioether (sulfide) groups is 1. The number of nitrogens with zero attached hydrogens (tertiary/aromatic N) is 4. The first-order valence-corrected chi connectivity index (χ1v) is 11.0. The summed E-state index contributed by atoms with van der Waals surface area (Å²) in [6, 6.07) is 8.72. The minimum atomic E-state index is -0.461. The average molecular weight is 447 g/mol. The number of benzene rings is 1. The molecule has 1 atom stereocenters. The van der Waals surface area contributed by atoms with Gasteiger partial charge in [0.2, 0.25) is 11.9 Å². The second-order valence-electron chi connectivity index (χ2n) is 6.39. The molecule has 158 valence electrons. The zero-order valence-electron chi connectivity index (χ0n) is 16.7. The third kappa shape index (κ3) is 6.11. The van der Waals surface area contributed by atoms with Crippen LogP contribution in [0.4, 0.5) is 5.82 Å². The molecule has 3 rings (SSSR count). The molecule has 8 nitrogen and oxygen atoms in total. The molecule has 1 amide bonds. The molecule has 0 saturated carbocycles. The van der Waals surface area contributed by atoms with Crippen LogP contribution in [0.3, 0.4) is 0 Å². The number of nitrogens with one attached hydrogen (secondary N) is 2. The van der Waals surface area contributed by atoms with E-state index in [1.165, 1.54) is 0 Å². The highest BCUT2D eigenvalue weighted by atomic mass is 35.5. The van der Waals surface area contributed by atoms with E-state index >= 15 is 0 Å². The Bertz CT molecular complexity index is 952. The van der Waals surface area contributed by atoms with Crippen LogP contribution in [-0.2, 0) is 11.3 Å². The summed E-state index contributed by atoms with van der Waals surface area (Å²) in [4.78, 5) is 25.5. The van der Waals surface area contributed by atoms with Crippen LogP contribution in [-0.4, -0.2) is 50.6 Å². The van der Waals surface area contributed by atoms with Crippen molar-refractivity contribution in [3.8, 4) is 11.7 Å². The van der Waals surface area contributed by atoms with Crippen molar-refractivity contribution in [2.24, 2.45) is 0 Å². The van der Waals surface area contributed by atoms with Crippen molar-refractivity contribution in [2.45, 2.75) is 19.0 Å². The molecule has 0 fully saturated rings. The first kappa shape index (κ1) is 21.9. The summed E-state index contributed by atoms with van der Waals surface area (Å²) in [6.07, 6.45) is 7.58. The normalized spacial score (nSPS) is 11.7. The lowest BCUT2D eigenvalue weighted by molar-refractivity contribution is -0.122. The number of imidazole rings is 1. The van der Waals surface area contributed by atoms with E-state index in [4.69, 9.17) is 16.3 Å². The summed E-state index contributed by atoms with van der Waals surface area (Å²) < 4.78 is 6.81. The van der Waals surface area contributed by atoms with E-state index in [1.54, 1.807) is 48.2 Å². The Balaban J connectivity index is 1.69. The number of hydrogen-bond acceptors (Lipinski definition) is 7. The van der Waals surface area contributed by atoms with E-state index in [1.807, 2.05) is 30.5 Å². The summed E-state index contributed by atoms with van der Waals surface area (Å²) in [5, 5.41) is 6.45. The zero-order chi connectivity index (χ0) is 21.3. The van der Waals surface area contributed by atoms with Crippen molar-refractivity contribution in [3.63, 3.8) is 0 Å². The molecule has 1 aromatic carbocycles. The van der Waals surface area contributed by atoms with Gasteiger partial charge in [-0.3, -0.25) is 9.36 Å². The minimum absolute atomic E-state index is 0.112. The van der Waals surface area contributed by atoms with E-state index in [2.05, 4.69) is 25.6 Å². The maximum Gasteiger partial charge on any atom is 0.242 e. The lowest BCUT2D eigenvalue weighted by Crippen LogP contribution is -2.40. The first-order valence-electron chi connectivity index (χ1n) is 9.28. The van der Waals surface area contributed by atoms with E-state index in [0.29, 0.717) is 24.7 Å². The highest BCUT2D eigenvalue weighted by Gasteiger charge is 2.19. The molecule has 0 aliphatic heterocycles. The molecule has 30 heavy (non-hydrogen) atoms. The molecule has 0 aliphatic rings. The fourth-order valence-electron chi connectivity index (χ4n) is 2.71. The number of ether oxygens (including phenoxy) is 1. The fourth-order valence-corrected chi connectivity index (χ4v) is 3.36. The second kappa shape index (κ2) is 10.8. The largest absolute Gasteiger partial charge is 0.497 e. The van der Waals surface area contributed by atoms with E-state index in [0.717, 1.165) is 17.1 Å². The summed E-state index contributed by atoms with van der Waals surface area (Å²) in [7, 11) is 1.62. The van der Waals surface area contributed by atoms with Crippen LogP contribution in [0.25, 0.3) is 5.95 Å². The first-order chi connectivity index (χ1) is 14.6. The monoisotopic (exact) mass is 446 g/mol. The van der Waals surface area contributed by atoms with Crippen LogP contribution in [0.2, 0.25) is 5.15 Å². The Morgan fingerprint density at radius 2 is 2.10 bits per heavy atom. The van der Waals surface area contributed by atoms with Gasteiger partial charge in [0.15, 0.2) is 0 Å². The van der Waals surface area contributed by atoms with E-state index < -0.39 is 6.04 Å². The Morgan fingerprint density at radius 1 is 1.30 bits per heavy atom. The van der Waals surface area contributed by atoms with Gasteiger partial charge in [0.05, 0.1) is 7.11 Å². The molecule has 2 heterocycles. The van der Waals surface area contributed by atoms with Crippen LogP contribution in [0, 0.1) is 0 Å². The summed E-state index contributed by atoms with van der Waals surface area (Å²) in [6.45, 7) is 0.422. The maximum atomic E-state index is 12.8. The smallest absolute Gasteiger partial charge is 0.242 e. The van der Waals surface area contributed by atoms with Crippen LogP contribution >= 0.6 is 23.4 Å². The number of hydrogen-bond donors (Lipinski definition) is 2. The highest BCUT2D eigenvalue weighted by Crippen LogP contribution is 2.17. The van der Waals surface area contributed by atoms with Gasteiger partial charge in [-0.1, -0.05) is 23.7 Å². The fraction of sp³-hybridized carbons (Fsp3) is 0.300. The molecule has 2 aromatic heterocycles. The highest BCUT2D eigenvalue weighted by molar-refractivity contribution is 7.98. The summed E-state index contributed by atoms with van der Waals surface area (Å²) in [5.74, 6) is 2.34.